The number of hydrogen-bond donors (Lipinski definition) is 1. The zero-order chi connectivity index (χ0) is 19.4. The first-order chi connectivity index (χ1) is 13.0. The topological polar surface area (TPSA) is 34.2 Å². The lowest BCUT2D eigenvalue weighted by Crippen LogP contribution is -2.17. The lowest BCUT2D eigenvalue weighted by Gasteiger charge is -2.21. The van der Waals surface area contributed by atoms with E-state index in [9.17, 15) is 0 Å². The molecule has 0 fully saturated rings. The van der Waals surface area contributed by atoms with Crippen molar-refractivity contribution in [2.24, 2.45) is 5.92 Å². The van der Waals surface area contributed by atoms with Crippen LogP contribution >= 0.6 is 36.4 Å². The number of rotatable bonds is 8. The molecule has 0 radical (unpaired) electrons. The largest absolute Gasteiger partial charge is 0.497 e. The lowest BCUT2D eigenvalue weighted by molar-refractivity contribution is 0.415. The van der Waals surface area contributed by atoms with Gasteiger partial charge >= 0.3 is 0 Å². The molecule has 0 spiro atoms. The number of nitrogens with zero attached hydrogens (tertiary/aromatic N) is 1. The molecule has 1 N–H and O–H groups in total. The summed E-state index contributed by atoms with van der Waals surface area (Å²) in [7, 11) is 1.70. The first-order valence-corrected chi connectivity index (χ1v) is 10.3. The number of aromatic nitrogens is 1. The van der Waals surface area contributed by atoms with Gasteiger partial charge in [-0.3, -0.25) is 0 Å². The summed E-state index contributed by atoms with van der Waals surface area (Å²) in [6.07, 6.45) is 4.90. The average molecular weight is 458 g/mol. The second-order valence-corrected chi connectivity index (χ2v) is 7.77. The highest BCUT2D eigenvalue weighted by Gasteiger charge is 2.14. The van der Waals surface area contributed by atoms with Gasteiger partial charge in [-0.25, -0.2) is 4.98 Å². The highest BCUT2D eigenvalue weighted by atomic mass is 35.5. The van der Waals surface area contributed by atoms with Crippen LogP contribution < -0.4 is 10.1 Å². The van der Waals surface area contributed by atoms with E-state index < -0.39 is 0 Å². The maximum atomic E-state index is 6.21. The Kier molecular flexibility index (Phi) is 10.3. The molecule has 1 unspecified atom stereocenters. The predicted molar refractivity (Wildman–Crippen MR) is 132 cm³/mol. The van der Waals surface area contributed by atoms with Crippen molar-refractivity contribution in [1.82, 2.24) is 4.98 Å². The monoisotopic (exact) mass is 456 g/mol. The van der Waals surface area contributed by atoms with Gasteiger partial charge in [0, 0.05) is 21.8 Å². The van der Waals surface area contributed by atoms with Gasteiger partial charge in [0.1, 0.15) is 5.75 Å². The van der Waals surface area contributed by atoms with Crippen LogP contribution in [0, 0.1) is 5.92 Å². The van der Waals surface area contributed by atoms with Crippen LogP contribution in [0.3, 0.4) is 0 Å². The summed E-state index contributed by atoms with van der Waals surface area (Å²) < 4.78 is 5.44. The lowest BCUT2D eigenvalue weighted by atomic mass is 9.95. The molecule has 1 aromatic heterocycles. The Balaban J connectivity index is 0.00000210. The molecule has 2 aromatic carbocycles. The quantitative estimate of drug-likeness (QED) is 0.349. The Labute approximate surface area is 191 Å². The first-order valence-electron chi connectivity index (χ1n) is 9.89. The normalized spacial score (nSPS) is 11.8. The minimum atomic E-state index is 0. The van der Waals surface area contributed by atoms with E-state index in [1.807, 2.05) is 24.3 Å². The molecule has 1 heterocycles. The molecule has 0 aliphatic heterocycles. The van der Waals surface area contributed by atoms with Gasteiger partial charge in [-0.1, -0.05) is 38.3 Å². The fraction of sp³-hybridized carbons (Fsp3) is 0.435. The summed E-state index contributed by atoms with van der Waals surface area (Å²) in [6.45, 7) is 6.83. The summed E-state index contributed by atoms with van der Waals surface area (Å²) in [4.78, 5) is 4.80. The number of pyridine rings is 1. The van der Waals surface area contributed by atoms with Crippen LogP contribution in [-0.2, 0) is 0 Å². The Morgan fingerprint density at radius 3 is 2.34 bits per heavy atom. The summed E-state index contributed by atoms with van der Waals surface area (Å²) in [5.74, 6) is 1.64. The third kappa shape index (κ3) is 6.04. The molecule has 29 heavy (non-hydrogen) atoms. The van der Waals surface area contributed by atoms with Crippen molar-refractivity contribution in [2.45, 2.75) is 52.5 Å². The third-order valence-electron chi connectivity index (χ3n) is 5.50. The van der Waals surface area contributed by atoms with E-state index in [0.29, 0.717) is 11.1 Å². The Bertz CT molecular complexity index is 929. The Morgan fingerprint density at radius 1 is 0.966 bits per heavy atom. The van der Waals surface area contributed by atoms with Crippen molar-refractivity contribution in [2.75, 3.05) is 12.4 Å². The van der Waals surface area contributed by atoms with Crippen molar-refractivity contribution in [3.8, 4) is 5.75 Å². The maximum Gasteiger partial charge on any atom is 0.119 e. The molecule has 0 aliphatic carbocycles. The molecule has 1 atom stereocenters. The van der Waals surface area contributed by atoms with Crippen LogP contribution in [0.25, 0.3) is 21.8 Å². The van der Waals surface area contributed by atoms with Crippen LogP contribution in [-0.4, -0.2) is 18.1 Å². The van der Waals surface area contributed by atoms with Crippen LogP contribution in [0.15, 0.2) is 36.4 Å². The highest BCUT2D eigenvalue weighted by molar-refractivity contribution is 6.31. The van der Waals surface area contributed by atoms with Crippen molar-refractivity contribution < 1.29 is 4.74 Å². The summed E-state index contributed by atoms with van der Waals surface area (Å²) in [5.41, 5.74) is 2.97. The van der Waals surface area contributed by atoms with E-state index >= 15 is 0 Å². The number of hydrogen-bond acceptors (Lipinski definition) is 3. The number of benzene rings is 2. The molecule has 0 aliphatic rings. The fourth-order valence-electron chi connectivity index (χ4n) is 3.68. The number of halogens is 3. The van der Waals surface area contributed by atoms with Crippen molar-refractivity contribution in [3.63, 3.8) is 0 Å². The SMILES string of the molecule is CCC(CC)CCC(C)Nc1c2ccc(Cl)cc2nc2ccc(OC)cc12.Cl.Cl. The summed E-state index contributed by atoms with van der Waals surface area (Å²) in [5, 5.41) is 6.64. The van der Waals surface area contributed by atoms with Crippen LogP contribution in [0.4, 0.5) is 5.69 Å². The molecular formula is C23H31Cl3N2O. The number of fused-ring (bicyclic) bond motifs is 2. The second-order valence-electron chi connectivity index (χ2n) is 7.34. The standard InChI is InChI=1S/C23H29ClN2O.2ClH/c1-5-16(6-2)8-7-15(3)25-23-19-11-9-17(24)13-22(19)26-21-12-10-18(27-4)14-20(21)23;;/h9-16H,5-8H2,1-4H3,(H,25,26);2*1H. The Morgan fingerprint density at radius 2 is 1.69 bits per heavy atom. The zero-order valence-corrected chi connectivity index (χ0v) is 19.9. The van der Waals surface area contributed by atoms with E-state index in [4.69, 9.17) is 21.3 Å². The highest BCUT2D eigenvalue weighted by Crippen LogP contribution is 2.35. The van der Waals surface area contributed by atoms with E-state index in [1.54, 1.807) is 7.11 Å². The minimum Gasteiger partial charge on any atom is -0.497 e. The van der Waals surface area contributed by atoms with Gasteiger partial charge in [-0.05, 0) is 62.1 Å². The van der Waals surface area contributed by atoms with Gasteiger partial charge in [0.05, 0.1) is 23.8 Å². The second kappa shape index (κ2) is 11.7. The van der Waals surface area contributed by atoms with Gasteiger partial charge in [-0.2, -0.15) is 0 Å². The molecule has 0 amide bonds. The van der Waals surface area contributed by atoms with Crippen molar-refractivity contribution in [3.05, 3.63) is 41.4 Å². The molecule has 3 aromatic rings. The molecule has 3 rings (SSSR count). The molecule has 6 heteroatoms. The molecular weight excluding hydrogens is 427 g/mol. The van der Waals surface area contributed by atoms with Crippen LogP contribution in [0.1, 0.15) is 46.5 Å². The van der Waals surface area contributed by atoms with Crippen molar-refractivity contribution >= 4 is 63.9 Å². The maximum absolute atomic E-state index is 6.21. The van der Waals surface area contributed by atoms with Crippen LogP contribution in [0.2, 0.25) is 5.02 Å². The smallest absolute Gasteiger partial charge is 0.119 e. The summed E-state index contributed by atoms with van der Waals surface area (Å²) >= 11 is 6.21. The number of anilines is 1. The Hall–Kier alpha value is -1.42. The molecule has 0 bridgehead atoms. The zero-order valence-electron chi connectivity index (χ0n) is 17.5. The average Bonchev–Trinajstić information content (AvgIpc) is 2.68. The minimum absolute atomic E-state index is 0. The van der Waals surface area contributed by atoms with Gasteiger partial charge in [0.25, 0.3) is 0 Å². The number of methoxy groups -OCH3 is 1. The molecule has 0 saturated carbocycles. The third-order valence-corrected chi connectivity index (χ3v) is 5.73. The van der Waals surface area contributed by atoms with E-state index in [-0.39, 0.29) is 24.8 Å². The molecule has 160 valence electrons. The number of ether oxygens (including phenoxy) is 1. The molecule has 3 nitrogen and oxygen atoms in total. The van der Waals surface area contributed by atoms with Gasteiger partial charge < -0.3 is 10.1 Å². The summed E-state index contributed by atoms with van der Waals surface area (Å²) in [6, 6.07) is 12.3. The van der Waals surface area contributed by atoms with Gasteiger partial charge in [0.2, 0.25) is 0 Å². The van der Waals surface area contributed by atoms with Crippen molar-refractivity contribution in [1.29, 1.82) is 0 Å². The predicted octanol–water partition coefficient (Wildman–Crippen LogP) is 7.91. The van der Waals surface area contributed by atoms with E-state index in [2.05, 4.69) is 38.2 Å². The first kappa shape index (κ1) is 25.6. The van der Waals surface area contributed by atoms with Gasteiger partial charge in [0.15, 0.2) is 0 Å². The number of nitrogens with one attached hydrogen (secondary N) is 1. The van der Waals surface area contributed by atoms with E-state index in [0.717, 1.165) is 45.6 Å². The van der Waals surface area contributed by atoms with E-state index in [1.165, 1.54) is 19.3 Å². The van der Waals surface area contributed by atoms with Gasteiger partial charge in [-0.15, -0.1) is 24.8 Å². The fourth-order valence-corrected chi connectivity index (χ4v) is 3.85. The molecule has 0 saturated heterocycles. The van der Waals surface area contributed by atoms with Crippen LogP contribution in [0.5, 0.6) is 5.75 Å².